The first-order valence-corrected chi connectivity index (χ1v) is 25.7. The van der Waals surface area contributed by atoms with E-state index < -0.39 is 47.2 Å². The van der Waals surface area contributed by atoms with Gasteiger partial charge >= 0.3 is 5.97 Å². The number of hydrogen-bond donors (Lipinski definition) is 3. The van der Waals surface area contributed by atoms with Crippen molar-refractivity contribution < 1.29 is 33.4 Å². The van der Waals surface area contributed by atoms with E-state index in [9.17, 15) is 24.0 Å². The maximum absolute atomic E-state index is 14.8. The van der Waals surface area contributed by atoms with E-state index in [1.807, 2.05) is 39.1 Å². The number of methoxy groups -OCH3 is 1. The molecule has 0 radical (unpaired) electrons. The van der Waals surface area contributed by atoms with Crippen molar-refractivity contribution in [3.8, 4) is 22.4 Å². The number of benzene rings is 2. The van der Waals surface area contributed by atoms with Crippen molar-refractivity contribution in [1.82, 2.24) is 40.4 Å². The fourth-order valence-corrected chi connectivity index (χ4v) is 11.3. The molecule has 0 spiro atoms. The van der Waals surface area contributed by atoms with Gasteiger partial charge in [0.25, 0.3) is 5.91 Å². The molecule has 0 saturated carbocycles. The van der Waals surface area contributed by atoms with Crippen molar-refractivity contribution >= 4 is 40.5 Å². The molecule has 4 aromatic rings. The molecular weight excluding hydrogens is 897 g/mol. The molecule has 3 N–H and O–H groups in total. The third-order valence-electron chi connectivity index (χ3n) is 15.2. The molecular formula is C56H74N8O7. The first-order valence-electron chi connectivity index (χ1n) is 25.7. The molecule has 6 heterocycles. The number of amides is 4. The molecule has 2 aromatic carbocycles. The highest BCUT2D eigenvalue weighted by molar-refractivity contribution is 5.96. The second kappa shape index (κ2) is 21.8. The minimum Gasteiger partial charge on any atom is -0.464 e. The number of likely N-dealkylation sites (N-methyl/N-ethyl adjacent to an activating group) is 1. The average molecular weight is 971 g/mol. The predicted octanol–water partition coefficient (Wildman–Crippen LogP) is 6.73. The summed E-state index contributed by atoms with van der Waals surface area (Å²) in [6, 6.07) is 14.3. The highest BCUT2D eigenvalue weighted by atomic mass is 16.5. The van der Waals surface area contributed by atoms with Gasteiger partial charge in [0.05, 0.1) is 30.0 Å². The third kappa shape index (κ3) is 11.0. The Bertz CT molecular complexity index is 2650. The van der Waals surface area contributed by atoms with Crippen LogP contribution >= 0.6 is 0 Å². The first-order chi connectivity index (χ1) is 34.0. The first kappa shape index (κ1) is 51.5. The highest BCUT2D eigenvalue weighted by Gasteiger charge is 2.40. The third-order valence-corrected chi connectivity index (χ3v) is 15.2. The van der Waals surface area contributed by atoms with Crippen LogP contribution in [0.5, 0.6) is 0 Å². The standard InChI is InChI=1S/C56H74N8O7/c1-10-48(65)62-25-21-40(32-62)53(67)61(8)50(34(3)4)52(66)59-46-27-36-14-12-15-38(26-36)39-17-18-47-42(28-39)44(30-56(6,7)33-71-55(69)45-16-13-24-64(60-45)54(46)68)51(63(47)11-2)43-29-41(37-19-22-57-23-20-37)31-58-49(43)35(5)70-9/h10,12,14-15,17-18,26,28-29,31,34-35,37,40,45-46,50,57,60H,1,11,13,16,19-25,27,30,32-33H2,2-9H3,(H,59,66)/t35-,40-,45-,46-,50-/m0/s1. The number of piperidine rings is 1. The van der Waals surface area contributed by atoms with Gasteiger partial charge in [-0.1, -0.05) is 64.6 Å². The van der Waals surface area contributed by atoms with Crippen molar-refractivity contribution in [2.24, 2.45) is 17.3 Å². The van der Waals surface area contributed by atoms with Crippen molar-refractivity contribution in [3.05, 3.63) is 89.8 Å². The number of carbonyl (C=O) groups is 5. The second-order valence-electron chi connectivity index (χ2n) is 21.2. The van der Waals surface area contributed by atoms with E-state index in [0.717, 1.165) is 76.0 Å². The fraction of sp³-hybridized carbons (Fsp3) is 0.536. The van der Waals surface area contributed by atoms with Crippen molar-refractivity contribution in [1.29, 1.82) is 0 Å². The lowest BCUT2D eigenvalue weighted by molar-refractivity contribution is -0.155. The molecule has 2 aromatic heterocycles. The van der Waals surface area contributed by atoms with Gasteiger partial charge < -0.3 is 34.5 Å². The van der Waals surface area contributed by atoms with Crippen LogP contribution in [0.25, 0.3) is 33.3 Å². The number of fused-ring (bicyclic) bond motifs is 6. The van der Waals surface area contributed by atoms with Crippen LogP contribution in [0.4, 0.5) is 0 Å². The number of cyclic esters (lactones) is 1. The number of aromatic nitrogens is 2. The summed E-state index contributed by atoms with van der Waals surface area (Å²) in [6.45, 7) is 19.6. The van der Waals surface area contributed by atoms with Crippen LogP contribution in [0.1, 0.15) is 108 Å². The molecule has 3 saturated heterocycles. The van der Waals surface area contributed by atoms with Gasteiger partial charge in [0.15, 0.2) is 0 Å². The predicted molar refractivity (Wildman–Crippen MR) is 275 cm³/mol. The maximum Gasteiger partial charge on any atom is 0.324 e. The number of ether oxygens (including phenoxy) is 2. The summed E-state index contributed by atoms with van der Waals surface area (Å²) in [5.74, 6) is -2.16. The summed E-state index contributed by atoms with van der Waals surface area (Å²) >= 11 is 0. The Labute approximate surface area is 419 Å². The normalized spacial score (nSPS) is 21.9. The molecule has 6 bridgehead atoms. The van der Waals surface area contributed by atoms with E-state index in [1.165, 1.54) is 21.5 Å². The van der Waals surface area contributed by atoms with Crippen LogP contribution in [0.15, 0.2) is 67.4 Å². The Morgan fingerprint density at radius 2 is 1.79 bits per heavy atom. The average Bonchev–Trinajstić information content (AvgIpc) is 3.99. The fourth-order valence-electron chi connectivity index (χ4n) is 11.3. The van der Waals surface area contributed by atoms with Gasteiger partial charge in [-0.05, 0) is 129 Å². The highest BCUT2D eigenvalue weighted by Crippen LogP contribution is 2.43. The zero-order valence-electron chi connectivity index (χ0n) is 43.0. The smallest absolute Gasteiger partial charge is 0.324 e. The number of likely N-dealkylation sites (tertiary alicyclic amines) is 1. The van der Waals surface area contributed by atoms with Gasteiger partial charge in [-0.2, -0.15) is 0 Å². The summed E-state index contributed by atoms with van der Waals surface area (Å²) < 4.78 is 14.6. The van der Waals surface area contributed by atoms with E-state index in [4.69, 9.17) is 14.5 Å². The lowest BCUT2D eigenvalue weighted by Gasteiger charge is -2.37. The Morgan fingerprint density at radius 1 is 1.03 bits per heavy atom. The topological polar surface area (TPSA) is 167 Å². The molecule has 15 nitrogen and oxygen atoms in total. The van der Waals surface area contributed by atoms with E-state index >= 15 is 0 Å². The molecule has 5 atom stereocenters. The number of carbonyl (C=O) groups excluding carboxylic acids is 5. The lowest BCUT2D eigenvalue weighted by Crippen LogP contribution is -2.62. The van der Waals surface area contributed by atoms with Crippen LogP contribution < -0.4 is 16.1 Å². The van der Waals surface area contributed by atoms with Crippen LogP contribution in [-0.2, 0) is 52.8 Å². The van der Waals surface area contributed by atoms with Gasteiger partial charge in [0.2, 0.25) is 17.7 Å². The SMILES string of the molecule is C=CC(=O)N1CC[C@H](C(=O)N(C)[C@H](C(=O)N[C@H]2Cc3cccc(c3)-c3ccc4c(c3)c(c(-c3cc(C5CCNCC5)cnc3[C@H](C)OC)n4CC)CC(C)(C)COC(=O)[C@@H]3CCCN(N3)C2=O)C(C)C)C1. The van der Waals surface area contributed by atoms with Crippen LogP contribution in [0, 0.1) is 17.3 Å². The lowest BCUT2D eigenvalue weighted by atomic mass is 9.83. The zero-order chi connectivity index (χ0) is 50.7. The molecule has 15 heteroatoms. The number of nitrogens with zero attached hydrogens (tertiary/aromatic N) is 5. The number of rotatable bonds is 11. The van der Waals surface area contributed by atoms with Crippen molar-refractivity contribution in [3.63, 3.8) is 0 Å². The van der Waals surface area contributed by atoms with E-state index in [1.54, 1.807) is 19.1 Å². The molecule has 71 heavy (non-hydrogen) atoms. The molecule has 3 fully saturated rings. The molecule has 0 aliphatic carbocycles. The van der Waals surface area contributed by atoms with Crippen LogP contribution in [-0.4, -0.2) is 126 Å². The summed E-state index contributed by atoms with van der Waals surface area (Å²) in [5.41, 5.74) is 11.9. The second-order valence-corrected chi connectivity index (χ2v) is 21.2. The number of pyridine rings is 1. The van der Waals surface area contributed by atoms with Gasteiger partial charge in [0.1, 0.15) is 18.1 Å². The summed E-state index contributed by atoms with van der Waals surface area (Å²) in [7, 11) is 3.34. The van der Waals surface area contributed by atoms with Gasteiger partial charge in [-0.15, -0.1) is 0 Å². The van der Waals surface area contributed by atoms with Gasteiger partial charge in [-0.25, -0.2) is 5.43 Å². The number of hydrazine groups is 1. The minimum absolute atomic E-state index is 0.136. The zero-order valence-corrected chi connectivity index (χ0v) is 43.0. The minimum atomic E-state index is -1.05. The summed E-state index contributed by atoms with van der Waals surface area (Å²) in [6.07, 6.45) is 7.34. The van der Waals surface area contributed by atoms with E-state index in [2.05, 4.69) is 84.4 Å². The summed E-state index contributed by atoms with van der Waals surface area (Å²) in [4.78, 5) is 78.0. The molecule has 4 aliphatic rings. The van der Waals surface area contributed by atoms with Crippen LogP contribution in [0.2, 0.25) is 0 Å². The number of aryl methyl sites for hydroxylation is 1. The van der Waals surface area contributed by atoms with E-state index in [0.29, 0.717) is 51.2 Å². The Hall–Kier alpha value is -5.90. The monoisotopic (exact) mass is 971 g/mol. The van der Waals surface area contributed by atoms with Gasteiger partial charge in [-0.3, -0.25) is 34.0 Å². The maximum atomic E-state index is 14.8. The number of nitrogens with one attached hydrogen (secondary N) is 3. The molecule has 0 unspecified atom stereocenters. The number of hydrogen-bond acceptors (Lipinski definition) is 10. The molecule has 4 amide bonds. The Balaban J connectivity index is 1.20. The Kier molecular flexibility index (Phi) is 15.8. The molecule has 380 valence electrons. The van der Waals surface area contributed by atoms with Crippen LogP contribution in [0.3, 0.4) is 0 Å². The summed E-state index contributed by atoms with van der Waals surface area (Å²) in [5, 5.41) is 9.13. The van der Waals surface area contributed by atoms with E-state index in [-0.39, 0.29) is 43.4 Å². The molecule has 4 aliphatic heterocycles. The Morgan fingerprint density at radius 3 is 2.51 bits per heavy atom. The quantitative estimate of drug-likeness (QED) is 0.108. The molecule has 8 rings (SSSR count). The largest absolute Gasteiger partial charge is 0.464 e. The van der Waals surface area contributed by atoms with Crippen molar-refractivity contribution in [2.45, 2.75) is 123 Å². The number of esters is 1. The van der Waals surface area contributed by atoms with Crippen molar-refractivity contribution in [2.75, 3.05) is 53.5 Å². The van der Waals surface area contributed by atoms with Gasteiger partial charge in [0, 0.05) is 74.8 Å².